The van der Waals surface area contributed by atoms with Crippen molar-refractivity contribution in [1.29, 1.82) is 0 Å². The van der Waals surface area contributed by atoms with E-state index in [1.165, 1.54) is 12.1 Å². The summed E-state index contributed by atoms with van der Waals surface area (Å²) in [6, 6.07) is 4.50. The Morgan fingerprint density at radius 3 is 2.68 bits per heavy atom. The van der Waals surface area contributed by atoms with E-state index < -0.39 is 17.2 Å². The first-order chi connectivity index (χ1) is 8.97. The van der Waals surface area contributed by atoms with Crippen molar-refractivity contribution in [3.05, 3.63) is 56.4 Å². The van der Waals surface area contributed by atoms with Crippen LogP contribution in [-0.2, 0) is 0 Å². The number of aromatic nitrogens is 2. The lowest BCUT2D eigenvalue weighted by atomic mass is 10.2. The van der Waals surface area contributed by atoms with Gasteiger partial charge in [-0.2, -0.15) is 0 Å². The number of hydrogen-bond acceptors (Lipinski definition) is 4. The Bertz CT molecular complexity index is 745. The molecule has 0 aliphatic heterocycles. The molecule has 1 aromatic carbocycles. The number of carbonyl (C=O) groups is 1. The first kappa shape index (κ1) is 12.6. The van der Waals surface area contributed by atoms with Crippen molar-refractivity contribution in [3.8, 4) is 5.75 Å². The van der Waals surface area contributed by atoms with Gasteiger partial charge in [-0.3, -0.25) is 14.6 Å². The van der Waals surface area contributed by atoms with Crippen LogP contribution in [0.25, 0.3) is 0 Å². The van der Waals surface area contributed by atoms with E-state index in [0.717, 1.165) is 6.20 Å². The molecule has 2 aromatic rings. The van der Waals surface area contributed by atoms with Gasteiger partial charge in [0.2, 0.25) is 0 Å². The van der Waals surface area contributed by atoms with E-state index >= 15 is 0 Å². The van der Waals surface area contributed by atoms with E-state index in [1.54, 1.807) is 13.0 Å². The molecule has 1 aromatic heterocycles. The lowest BCUT2D eigenvalue weighted by Gasteiger charge is -2.06. The van der Waals surface area contributed by atoms with Gasteiger partial charge in [-0.15, -0.1) is 0 Å². The molecule has 0 radical (unpaired) electrons. The number of H-pyrrole nitrogens is 2. The molecule has 0 saturated heterocycles. The topological polar surface area (TPSA) is 115 Å². The molecular formula is C12H11N3O4. The first-order valence-corrected chi connectivity index (χ1v) is 5.40. The van der Waals surface area contributed by atoms with Gasteiger partial charge in [0.15, 0.2) is 0 Å². The van der Waals surface area contributed by atoms with Gasteiger partial charge >= 0.3 is 5.69 Å². The summed E-state index contributed by atoms with van der Waals surface area (Å²) in [6.07, 6.45) is 1.05. The zero-order valence-electron chi connectivity index (χ0n) is 9.98. The molecule has 0 bridgehead atoms. The molecule has 19 heavy (non-hydrogen) atoms. The number of aromatic hydroxyl groups is 1. The Balaban J connectivity index is 2.28. The van der Waals surface area contributed by atoms with E-state index in [2.05, 4.69) is 10.3 Å². The van der Waals surface area contributed by atoms with Gasteiger partial charge in [0.05, 0.1) is 0 Å². The van der Waals surface area contributed by atoms with E-state index in [0.29, 0.717) is 11.3 Å². The molecular weight excluding hydrogens is 250 g/mol. The highest BCUT2D eigenvalue weighted by Crippen LogP contribution is 2.20. The Hall–Kier alpha value is -2.83. The third-order valence-electron chi connectivity index (χ3n) is 2.52. The quantitative estimate of drug-likeness (QED) is 0.583. The van der Waals surface area contributed by atoms with Gasteiger partial charge in [0.1, 0.15) is 11.3 Å². The summed E-state index contributed by atoms with van der Waals surface area (Å²) in [4.78, 5) is 38.3. The van der Waals surface area contributed by atoms with Gasteiger partial charge in [0.25, 0.3) is 11.5 Å². The number of phenols is 1. The molecule has 7 heteroatoms. The van der Waals surface area contributed by atoms with Gasteiger partial charge < -0.3 is 15.4 Å². The predicted octanol–water partition coefficient (Wildman–Crippen LogP) is 0.330. The fourth-order valence-corrected chi connectivity index (χ4v) is 1.51. The number of benzene rings is 1. The largest absolute Gasteiger partial charge is 0.508 e. The summed E-state index contributed by atoms with van der Waals surface area (Å²) in [7, 11) is 0. The van der Waals surface area contributed by atoms with Crippen LogP contribution < -0.4 is 16.6 Å². The van der Waals surface area contributed by atoms with Crippen LogP contribution in [0.15, 0.2) is 34.0 Å². The van der Waals surface area contributed by atoms with Crippen LogP contribution in [0.3, 0.4) is 0 Å². The van der Waals surface area contributed by atoms with Crippen LogP contribution in [0, 0.1) is 6.92 Å². The minimum absolute atomic E-state index is 0.111. The summed E-state index contributed by atoms with van der Waals surface area (Å²) < 4.78 is 0. The van der Waals surface area contributed by atoms with Crippen LogP contribution >= 0.6 is 0 Å². The van der Waals surface area contributed by atoms with Crippen molar-refractivity contribution in [3.63, 3.8) is 0 Å². The van der Waals surface area contributed by atoms with Crippen molar-refractivity contribution < 1.29 is 9.90 Å². The summed E-state index contributed by atoms with van der Waals surface area (Å²) in [5.41, 5.74) is -0.622. The van der Waals surface area contributed by atoms with Crippen LogP contribution in [0.1, 0.15) is 15.9 Å². The fraction of sp³-hybridized carbons (Fsp3) is 0.0833. The highest BCUT2D eigenvalue weighted by atomic mass is 16.3. The average molecular weight is 261 g/mol. The van der Waals surface area contributed by atoms with Crippen LogP contribution in [0.4, 0.5) is 5.69 Å². The van der Waals surface area contributed by atoms with Crippen molar-refractivity contribution in [1.82, 2.24) is 9.97 Å². The van der Waals surface area contributed by atoms with Gasteiger partial charge in [-0.25, -0.2) is 4.79 Å². The second kappa shape index (κ2) is 4.81. The smallest absolute Gasteiger partial charge is 0.325 e. The van der Waals surface area contributed by atoms with Gasteiger partial charge in [-0.05, 0) is 30.7 Å². The fourth-order valence-electron chi connectivity index (χ4n) is 1.51. The number of nitrogens with one attached hydrogen (secondary N) is 3. The predicted molar refractivity (Wildman–Crippen MR) is 68.5 cm³/mol. The second-order valence-corrected chi connectivity index (χ2v) is 3.94. The summed E-state index contributed by atoms with van der Waals surface area (Å²) >= 11 is 0. The van der Waals surface area contributed by atoms with Gasteiger partial charge in [0, 0.05) is 11.9 Å². The van der Waals surface area contributed by atoms with Crippen LogP contribution in [-0.4, -0.2) is 21.0 Å². The maximum atomic E-state index is 11.8. The molecule has 0 fully saturated rings. The van der Waals surface area contributed by atoms with E-state index in [-0.39, 0.29) is 11.3 Å². The number of anilines is 1. The normalized spacial score (nSPS) is 10.2. The minimum atomic E-state index is -0.767. The Labute approximate surface area is 106 Å². The number of aryl methyl sites for hydroxylation is 1. The van der Waals surface area contributed by atoms with Crippen LogP contribution in [0.5, 0.6) is 5.75 Å². The third kappa shape index (κ3) is 2.71. The maximum absolute atomic E-state index is 11.8. The zero-order chi connectivity index (χ0) is 14.0. The minimum Gasteiger partial charge on any atom is -0.508 e. The SMILES string of the molecule is Cc1cc(NC(=O)c2c[nH]c(=O)[nH]c2=O)ccc1O. The van der Waals surface area contributed by atoms with Crippen molar-refractivity contribution in [2.45, 2.75) is 6.92 Å². The Morgan fingerprint density at radius 2 is 2.05 bits per heavy atom. The molecule has 0 aliphatic carbocycles. The number of carbonyl (C=O) groups excluding carboxylic acids is 1. The zero-order valence-corrected chi connectivity index (χ0v) is 9.98. The summed E-state index contributed by atoms with van der Waals surface area (Å²) in [6.45, 7) is 1.68. The lowest BCUT2D eigenvalue weighted by molar-refractivity contribution is 0.102. The van der Waals surface area contributed by atoms with Crippen LogP contribution in [0.2, 0.25) is 0 Å². The summed E-state index contributed by atoms with van der Waals surface area (Å²) in [5.74, 6) is -0.539. The highest BCUT2D eigenvalue weighted by Gasteiger charge is 2.11. The molecule has 1 heterocycles. The lowest BCUT2D eigenvalue weighted by Crippen LogP contribution is -2.29. The van der Waals surface area contributed by atoms with Gasteiger partial charge in [-0.1, -0.05) is 0 Å². The number of amides is 1. The number of hydrogen-bond donors (Lipinski definition) is 4. The molecule has 4 N–H and O–H groups in total. The Kier molecular flexibility index (Phi) is 3.19. The molecule has 0 aliphatic rings. The maximum Gasteiger partial charge on any atom is 0.325 e. The molecule has 0 spiro atoms. The van der Waals surface area contributed by atoms with Crippen molar-refractivity contribution >= 4 is 11.6 Å². The molecule has 0 saturated carbocycles. The molecule has 2 rings (SSSR count). The van der Waals surface area contributed by atoms with E-state index in [1.807, 2.05) is 4.98 Å². The average Bonchev–Trinajstić information content (AvgIpc) is 2.33. The molecule has 0 unspecified atom stereocenters. The molecule has 7 nitrogen and oxygen atoms in total. The van der Waals surface area contributed by atoms with Crippen molar-refractivity contribution in [2.24, 2.45) is 0 Å². The summed E-state index contributed by atoms with van der Waals surface area (Å²) in [5, 5.41) is 11.9. The highest BCUT2D eigenvalue weighted by molar-refractivity contribution is 6.03. The Morgan fingerprint density at radius 1 is 1.32 bits per heavy atom. The molecule has 0 atom stereocenters. The molecule has 1 amide bonds. The monoisotopic (exact) mass is 261 g/mol. The van der Waals surface area contributed by atoms with Crippen molar-refractivity contribution in [2.75, 3.05) is 5.32 Å². The second-order valence-electron chi connectivity index (χ2n) is 3.94. The number of aromatic amines is 2. The standard InChI is InChI=1S/C12H11N3O4/c1-6-4-7(2-3-9(6)16)14-10(17)8-5-13-12(19)15-11(8)18/h2-5,16H,1H3,(H,14,17)(H2,13,15,18,19). The van der Waals surface area contributed by atoms with E-state index in [9.17, 15) is 19.5 Å². The third-order valence-corrected chi connectivity index (χ3v) is 2.52. The number of rotatable bonds is 2. The molecule has 98 valence electrons. The first-order valence-electron chi connectivity index (χ1n) is 5.40. The number of phenolic OH excluding ortho intramolecular Hbond substituents is 1. The van der Waals surface area contributed by atoms with E-state index in [4.69, 9.17) is 0 Å².